The molecular formula is C15H24N2O. The topological polar surface area (TPSA) is 36.4 Å². The van der Waals surface area contributed by atoms with E-state index in [1.165, 1.54) is 24.9 Å². The summed E-state index contributed by atoms with van der Waals surface area (Å²) in [6.45, 7) is 6.50. The van der Waals surface area contributed by atoms with E-state index >= 15 is 0 Å². The standard InChI is InChI=1S/C15H24N2O/c1-4-12-7-6-11(3)17(12)13-8-9-14(16-10-13)15(18)5-2/h8-12,15,18H,4-7H2,1-3H3. The van der Waals surface area contributed by atoms with Crippen molar-refractivity contribution in [2.45, 2.75) is 64.6 Å². The summed E-state index contributed by atoms with van der Waals surface area (Å²) in [7, 11) is 0. The van der Waals surface area contributed by atoms with Crippen LogP contribution in [0.4, 0.5) is 5.69 Å². The average Bonchev–Trinajstić information content (AvgIpc) is 2.79. The van der Waals surface area contributed by atoms with E-state index in [-0.39, 0.29) is 0 Å². The predicted octanol–water partition coefficient (Wildman–Crippen LogP) is 3.29. The summed E-state index contributed by atoms with van der Waals surface area (Å²) in [6.07, 6.45) is 5.92. The van der Waals surface area contributed by atoms with Crippen LogP contribution in [0.25, 0.3) is 0 Å². The molecule has 0 bridgehead atoms. The summed E-state index contributed by atoms with van der Waals surface area (Å²) in [5.74, 6) is 0. The molecule has 0 saturated carbocycles. The van der Waals surface area contributed by atoms with Gasteiger partial charge in [0, 0.05) is 12.1 Å². The van der Waals surface area contributed by atoms with Gasteiger partial charge in [0.2, 0.25) is 0 Å². The molecule has 1 saturated heterocycles. The molecule has 18 heavy (non-hydrogen) atoms. The Hall–Kier alpha value is -1.09. The Balaban J connectivity index is 2.18. The molecule has 0 spiro atoms. The van der Waals surface area contributed by atoms with Gasteiger partial charge >= 0.3 is 0 Å². The first-order valence-corrected chi connectivity index (χ1v) is 7.09. The van der Waals surface area contributed by atoms with Gasteiger partial charge in [0.15, 0.2) is 0 Å². The fraction of sp³-hybridized carbons (Fsp3) is 0.667. The molecule has 3 unspecified atom stereocenters. The van der Waals surface area contributed by atoms with Crippen molar-refractivity contribution in [3.8, 4) is 0 Å². The molecule has 1 aromatic heterocycles. The summed E-state index contributed by atoms with van der Waals surface area (Å²) in [4.78, 5) is 6.89. The number of nitrogens with zero attached hydrogens (tertiary/aromatic N) is 2. The van der Waals surface area contributed by atoms with Gasteiger partial charge in [0.1, 0.15) is 0 Å². The minimum Gasteiger partial charge on any atom is -0.387 e. The number of hydrogen-bond acceptors (Lipinski definition) is 3. The van der Waals surface area contributed by atoms with Crippen molar-refractivity contribution < 1.29 is 5.11 Å². The number of anilines is 1. The summed E-state index contributed by atoms with van der Waals surface area (Å²) in [5, 5.41) is 9.76. The van der Waals surface area contributed by atoms with E-state index in [0.29, 0.717) is 18.5 Å². The lowest BCUT2D eigenvalue weighted by Gasteiger charge is -2.30. The van der Waals surface area contributed by atoms with Crippen molar-refractivity contribution in [3.05, 3.63) is 24.0 Å². The van der Waals surface area contributed by atoms with Crippen molar-refractivity contribution in [1.29, 1.82) is 0 Å². The first-order valence-electron chi connectivity index (χ1n) is 7.09. The van der Waals surface area contributed by atoms with E-state index in [1.807, 2.05) is 19.2 Å². The van der Waals surface area contributed by atoms with Gasteiger partial charge in [-0.05, 0) is 44.7 Å². The monoisotopic (exact) mass is 248 g/mol. The van der Waals surface area contributed by atoms with Gasteiger partial charge in [-0.3, -0.25) is 4.98 Å². The van der Waals surface area contributed by atoms with Gasteiger partial charge < -0.3 is 10.0 Å². The molecule has 1 aliphatic heterocycles. The number of aliphatic hydroxyl groups excluding tert-OH is 1. The highest BCUT2D eigenvalue weighted by Crippen LogP contribution is 2.31. The van der Waals surface area contributed by atoms with Crippen molar-refractivity contribution in [1.82, 2.24) is 4.98 Å². The zero-order valence-electron chi connectivity index (χ0n) is 11.6. The summed E-state index contributed by atoms with van der Waals surface area (Å²) < 4.78 is 0. The number of aromatic nitrogens is 1. The zero-order chi connectivity index (χ0) is 13.1. The van der Waals surface area contributed by atoms with Crippen LogP contribution in [-0.4, -0.2) is 22.2 Å². The molecule has 0 aromatic carbocycles. The van der Waals surface area contributed by atoms with Gasteiger partial charge in [-0.1, -0.05) is 13.8 Å². The predicted molar refractivity (Wildman–Crippen MR) is 74.7 cm³/mol. The summed E-state index contributed by atoms with van der Waals surface area (Å²) in [5.41, 5.74) is 1.97. The molecule has 3 nitrogen and oxygen atoms in total. The second kappa shape index (κ2) is 5.70. The second-order valence-electron chi connectivity index (χ2n) is 5.26. The van der Waals surface area contributed by atoms with E-state index in [9.17, 15) is 5.11 Å². The Labute approximate surface area is 110 Å². The van der Waals surface area contributed by atoms with Gasteiger partial charge in [0.25, 0.3) is 0 Å². The van der Waals surface area contributed by atoms with E-state index in [1.54, 1.807) is 0 Å². The molecule has 0 aliphatic carbocycles. The average molecular weight is 248 g/mol. The molecule has 3 heteroatoms. The Morgan fingerprint density at radius 2 is 2.17 bits per heavy atom. The SMILES string of the molecule is CCC(O)c1ccc(N2C(C)CCC2CC)cn1. The fourth-order valence-electron chi connectivity index (χ4n) is 2.89. The Bertz CT molecular complexity index is 377. The maximum absolute atomic E-state index is 9.76. The molecule has 1 aliphatic rings. The highest BCUT2D eigenvalue weighted by atomic mass is 16.3. The summed E-state index contributed by atoms with van der Waals surface area (Å²) >= 11 is 0. The van der Waals surface area contributed by atoms with Crippen molar-refractivity contribution in [2.24, 2.45) is 0 Å². The van der Waals surface area contributed by atoms with Gasteiger partial charge in [-0.2, -0.15) is 0 Å². The van der Waals surface area contributed by atoms with E-state index in [2.05, 4.69) is 29.8 Å². The lowest BCUT2D eigenvalue weighted by molar-refractivity contribution is 0.169. The Kier molecular flexibility index (Phi) is 4.23. The van der Waals surface area contributed by atoms with Crippen LogP contribution < -0.4 is 4.90 Å². The lowest BCUT2D eigenvalue weighted by Crippen LogP contribution is -2.34. The molecular weight excluding hydrogens is 224 g/mol. The zero-order valence-corrected chi connectivity index (χ0v) is 11.6. The molecule has 1 N–H and O–H groups in total. The number of aliphatic hydroxyl groups is 1. The minimum atomic E-state index is -0.433. The third kappa shape index (κ3) is 2.51. The largest absolute Gasteiger partial charge is 0.387 e. The van der Waals surface area contributed by atoms with E-state index < -0.39 is 6.10 Å². The normalized spacial score (nSPS) is 25.4. The molecule has 0 radical (unpaired) electrons. The van der Waals surface area contributed by atoms with Crippen LogP contribution in [0.5, 0.6) is 0 Å². The molecule has 1 aromatic rings. The van der Waals surface area contributed by atoms with Crippen molar-refractivity contribution >= 4 is 5.69 Å². The third-order valence-electron chi connectivity index (χ3n) is 4.05. The highest BCUT2D eigenvalue weighted by molar-refractivity contribution is 5.48. The van der Waals surface area contributed by atoms with Crippen LogP contribution in [-0.2, 0) is 0 Å². The Morgan fingerprint density at radius 3 is 2.72 bits per heavy atom. The quantitative estimate of drug-likeness (QED) is 0.888. The van der Waals surface area contributed by atoms with Crippen LogP contribution in [0.1, 0.15) is 58.3 Å². The highest BCUT2D eigenvalue weighted by Gasteiger charge is 2.29. The Morgan fingerprint density at radius 1 is 1.39 bits per heavy atom. The van der Waals surface area contributed by atoms with Crippen LogP contribution >= 0.6 is 0 Å². The van der Waals surface area contributed by atoms with Crippen LogP contribution in [0.2, 0.25) is 0 Å². The first kappa shape index (κ1) is 13.3. The van der Waals surface area contributed by atoms with Crippen LogP contribution in [0.3, 0.4) is 0 Å². The maximum Gasteiger partial charge on any atom is 0.0957 e. The molecule has 2 rings (SSSR count). The molecule has 3 atom stereocenters. The minimum absolute atomic E-state index is 0.433. The number of pyridine rings is 1. The van der Waals surface area contributed by atoms with E-state index in [0.717, 1.165) is 5.69 Å². The molecule has 2 heterocycles. The van der Waals surface area contributed by atoms with Crippen LogP contribution in [0, 0.1) is 0 Å². The van der Waals surface area contributed by atoms with E-state index in [4.69, 9.17) is 0 Å². The second-order valence-corrected chi connectivity index (χ2v) is 5.26. The van der Waals surface area contributed by atoms with Gasteiger partial charge in [0.05, 0.1) is 23.7 Å². The van der Waals surface area contributed by atoms with Crippen molar-refractivity contribution in [2.75, 3.05) is 4.90 Å². The van der Waals surface area contributed by atoms with Gasteiger partial charge in [-0.25, -0.2) is 0 Å². The van der Waals surface area contributed by atoms with Crippen molar-refractivity contribution in [3.63, 3.8) is 0 Å². The number of rotatable bonds is 4. The molecule has 1 fully saturated rings. The maximum atomic E-state index is 9.76. The molecule has 100 valence electrons. The van der Waals surface area contributed by atoms with Crippen LogP contribution in [0.15, 0.2) is 18.3 Å². The fourth-order valence-corrected chi connectivity index (χ4v) is 2.89. The summed E-state index contributed by atoms with van der Waals surface area (Å²) in [6, 6.07) is 5.30. The molecule has 0 amide bonds. The smallest absolute Gasteiger partial charge is 0.0957 e. The lowest BCUT2D eigenvalue weighted by atomic mass is 10.1. The van der Waals surface area contributed by atoms with Gasteiger partial charge in [-0.15, -0.1) is 0 Å². The third-order valence-corrected chi connectivity index (χ3v) is 4.05. The number of hydrogen-bond donors (Lipinski definition) is 1. The first-order chi connectivity index (χ1) is 8.67.